The average molecular weight is 421 g/mol. The van der Waals surface area contributed by atoms with Gasteiger partial charge in [-0.25, -0.2) is 9.97 Å². The van der Waals surface area contributed by atoms with Gasteiger partial charge in [-0.05, 0) is 26.0 Å². The third-order valence-corrected chi connectivity index (χ3v) is 4.60. The van der Waals surface area contributed by atoms with Crippen LogP contribution in [0.1, 0.15) is 12.6 Å². The largest absolute Gasteiger partial charge is 0.479 e. The molecule has 10 heteroatoms. The molecule has 0 saturated carbocycles. The molecule has 0 unspecified atom stereocenters. The van der Waals surface area contributed by atoms with Crippen LogP contribution in [0.2, 0.25) is 10.0 Å². The lowest BCUT2D eigenvalue weighted by molar-refractivity contribution is -0.122. The van der Waals surface area contributed by atoms with Gasteiger partial charge < -0.3 is 15.4 Å². The summed E-state index contributed by atoms with van der Waals surface area (Å²) in [5, 5.41) is 10.7. The molecule has 3 rings (SSSR count). The van der Waals surface area contributed by atoms with Crippen LogP contribution in [-0.2, 0) is 4.79 Å². The van der Waals surface area contributed by atoms with Crippen LogP contribution in [0.3, 0.4) is 0 Å². The Bertz CT molecular complexity index is 1010. The van der Waals surface area contributed by atoms with Crippen LogP contribution in [0.4, 0.5) is 11.6 Å². The predicted molar refractivity (Wildman–Crippen MR) is 109 cm³/mol. The van der Waals surface area contributed by atoms with Crippen molar-refractivity contribution < 1.29 is 9.53 Å². The van der Waals surface area contributed by atoms with E-state index in [1.54, 1.807) is 44.3 Å². The van der Waals surface area contributed by atoms with Crippen LogP contribution in [0.25, 0.3) is 5.82 Å². The van der Waals surface area contributed by atoms with Crippen LogP contribution in [-0.4, -0.2) is 38.8 Å². The normalized spacial score (nSPS) is 11.8. The van der Waals surface area contributed by atoms with E-state index in [0.717, 1.165) is 0 Å². The number of benzene rings is 1. The van der Waals surface area contributed by atoms with Crippen molar-refractivity contribution in [2.75, 3.05) is 17.7 Å². The molecule has 0 fully saturated rings. The fourth-order valence-corrected chi connectivity index (χ4v) is 2.75. The highest BCUT2D eigenvalue weighted by Crippen LogP contribution is 2.32. The number of hydrogen-bond donors (Lipinski definition) is 2. The Hall–Kier alpha value is -2.84. The van der Waals surface area contributed by atoms with E-state index >= 15 is 0 Å². The summed E-state index contributed by atoms with van der Waals surface area (Å²) in [6, 6.07) is 8.43. The number of carbonyl (C=O) groups excluding carboxylic acids is 1. The van der Waals surface area contributed by atoms with Crippen molar-refractivity contribution in [3.63, 3.8) is 0 Å². The molecule has 1 aromatic carbocycles. The minimum atomic E-state index is -0.821. The summed E-state index contributed by atoms with van der Waals surface area (Å²) in [7, 11) is 1.75. The molecule has 0 bridgehead atoms. The quantitative estimate of drug-likeness (QED) is 0.630. The summed E-state index contributed by atoms with van der Waals surface area (Å²) in [5.41, 5.74) is 0.714. The summed E-state index contributed by atoms with van der Waals surface area (Å²) in [5.74, 6) is 1.55. The summed E-state index contributed by atoms with van der Waals surface area (Å²) in [4.78, 5) is 20.9. The van der Waals surface area contributed by atoms with E-state index in [1.165, 1.54) is 11.0 Å². The molecule has 3 aromatic rings. The van der Waals surface area contributed by atoms with E-state index in [-0.39, 0.29) is 10.9 Å². The second kappa shape index (κ2) is 8.45. The monoisotopic (exact) mass is 420 g/mol. The van der Waals surface area contributed by atoms with Crippen molar-refractivity contribution in [1.82, 2.24) is 19.7 Å². The summed E-state index contributed by atoms with van der Waals surface area (Å²) in [6.45, 7) is 3.43. The van der Waals surface area contributed by atoms with Gasteiger partial charge >= 0.3 is 0 Å². The Balaban J connectivity index is 1.79. The lowest BCUT2D eigenvalue weighted by atomic mass is 10.3. The summed E-state index contributed by atoms with van der Waals surface area (Å²) >= 11 is 12.1. The van der Waals surface area contributed by atoms with Gasteiger partial charge in [0, 0.05) is 19.2 Å². The van der Waals surface area contributed by atoms with Crippen molar-refractivity contribution in [1.29, 1.82) is 0 Å². The van der Waals surface area contributed by atoms with Gasteiger partial charge in [-0.2, -0.15) is 9.78 Å². The molecule has 1 amide bonds. The Kier molecular flexibility index (Phi) is 6.01. The first-order valence-corrected chi connectivity index (χ1v) is 9.13. The zero-order valence-electron chi connectivity index (χ0n) is 15.4. The number of nitrogens with one attached hydrogen (secondary N) is 2. The van der Waals surface area contributed by atoms with Crippen molar-refractivity contribution in [3.8, 4) is 11.6 Å². The molecule has 0 aliphatic heterocycles. The SMILES string of the molecule is CNc1cc(-n2nc(C)cc2NC(=O)[C@@H](C)Oc2cccc(Cl)c2Cl)ncn1. The van der Waals surface area contributed by atoms with Crippen molar-refractivity contribution in [3.05, 3.63) is 52.4 Å². The molecule has 1 atom stereocenters. The van der Waals surface area contributed by atoms with Crippen molar-refractivity contribution in [2.45, 2.75) is 20.0 Å². The molecule has 0 aliphatic rings. The Labute approximate surface area is 171 Å². The van der Waals surface area contributed by atoms with E-state index < -0.39 is 6.10 Å². The number of ether oxygens (including phenoxy) is 1. The van der Waals surface area contributed by atoms with Gasteiger partial charge in [0.15, 0.2) is 11.9 Å². The number of aromatic nitrogens is 4. The van der Waals surface area contributed by atoms with Crippen molar-refractivity contribution >= 4 is 40.7 Å². The van der Waals surface area contributed by atoms with Crippen LogP contribution in [0.5, 0.6) is 5.75 Å². The minimum Gasteiger partial charge on any atom is -0.479 e. The number of rotatable bonds is 6. The molecule has 28 heavy (non-hydrogen) atoms. The van der Waals surface area contributed by atoms with Gasteiger partial charge in [0.25, 0.3) is 5.91 Å². The van der Waals surface area contributed by atoms with Gasteiger partial charge in [0.1, 0.15) is 28.7 Å². The maximum absolute atomic E-state index is 12.6. The van der Waals surface area contributed by atoms with Gasteiger partial charge in [-0.1, -0.05) is 29.3 Å². The first-order chi connectivity index (χ1) is 13.4. The fraction of sp³-hybridized carbons (Fsp3) is 0.222. The van der Waals surface area contributed by atoms with Crippen LogP contribution < -0.4 is 15.4 Å². The second-order valence-electron chi connectivity index (χ2n) is 5.90. The van der Waals surface area contributed by atoms with Gasteiger partial charge in [-0.15, -0.1) is 0 Å². The van der Waals surface area contributed by atoms with Crippen LogP contribution in [0, 0.1) is 6.92 Å². The van der Waals surface area contributed by atoms with Gasteiger partial charge in [0.2, 0.25) is 0 Å². The summed E-state index contributed by atoms with van der Waals surface area (Å²) < 4.78 is 7.18. The molecule has 0 aliphatic carbocycles. The molecular weight excluding hydrogens is 403 g/mol. The van der Waals surface area contributed by atoms with E-state index in [0.29, 0.717) is 33.9 Å². The highest BCUT2D eigenvalue weighted by Gasteiger charge is 2.20. The topological polar surface area (TPSA) is 94.0 Å². The first kappa shape index (κ1) is 19.9. The standard InChI is InChI=1S/C18H18Cl2N6O2/c1-10-7-16(26(25-10)15-8-14(21-3)22-9-23-15)24-18(27)11(2)28-13-6-4-5-12(19)17(13)20/h4-9,11H,1-3H3,(H,24,27)(H,21,22,23)/t11-/m1/s1. The molecule has 0 saturated heterocycles. The van der Waals surface area contributed by atoms with E-state index in [2.05, 4.69) is 25.7 Å². The first-order valence-electron chi connectivity index (χ1n) is 8.37. The molecule has 2 N–H and O–H groups in total. The van der Waals surface area contributed by atoms with E-state index in [9.17, 15) is 4.79 Å². The van der Waals surface area contributed by atoms with Crippen LogP contribution in [0.15, 0.2) is 36.7 Å². The second-order valence-corrected chi connectivity index (χ2v) is 6.68. The highest BCUT2D eigenvalue weighted by atomic mass is 35.5. The highest BCUT2D eigenvalue weighted by molar-refractivity contribution is 6.42. The minimum absolute atomic E-state index is 0.255. The summed E-state index contributed by atoms with van der Waals surface area (Å²) in [6.07, 6.45) is 0.592. The zero-order chi connectivity index (χ0) is 20.3. The third kappa shape index (κ3) is 4.35. The van der Waals surface area contributed by atoms with Crippen molar-refractivity contribution in [2.24, 2.45) is 0 Å². The lowest BCUT2D eigenvalue weighted by Crippen LogP contribution is -2.31. The smallest absolute Gasteiger partial charge is 0.266 e. The molecule has 146 valence electrons. The number of halogens is 2. The van der Waals surface area contributed by atoms with E-state index in [4.69, 9.17) is 27.9 Å². The molecular formula is C18H18Cl2N6O2. The number of aryl methyl sites for hydroxylation is 1. The number of hydrogen-bond acceptors (Lipinski definition) is 6. The fourth-order valence-electron chi connectivity index (χ4n) is 2.41. The Morgan fingerprint density at radius 1 is 1.25 bits per heavy atom. The molecule has 2 heterocycles. The molecule has 8 nitrogen and oxygen atoms in total. The average Bonchev–Trinajstić information content (AvgIpc) is 3.05. The maximum atomic E-state index is 12.6. The lowest BCUT2D eigenvalue weighted by Gasteiger charge is -2.16. The third-order valence-electron chi connectivity index (χ3n) is 3.80. The number of nitrogens with zero attached hydrogens (tertiary/aromatic N) is 4. The number of anilines is 2. The van der Waals surface area contributed by atoms with Gasteiger partial charge in [0.05, 0.1) is 10.7 Å². The van der Waals surface area contributed by atoms with Crippen LogP contribution >= 0.6 is 23.2 Å². The number of amides is 1. The molecule has 0 spiro atoms. The Morgan fingerprint density at radius 3 is 2.79 bits per heavy atom. The Morgan fingerprint density at radius 2 is 2.04 bits per heavy atom. The van der Waals surface area contributed by atoms with Gasteiger partial charge in [-0.3, -0.25) is 4.79 Å². The molecule has 0 radical (unpaired) electrons. The van der Waals surface area contributed by atoms with E-state index in [1.807, 2.05) is 6.92 Å². The number of carbonyl (C=O) groups is 1. The predicted octanol–water partition coefficient (Wildman–Crippen LogP) is 3.73. The maximum Gasteiger partial charge on any atom is 0.266 e. The molecule has 2 aromatic heterocycles. The zero-order valence-corrected chi connectivity index (χ0v) is 16.9.